The van der Waals surface area contributed by atoms with Crippen molar-refractivity contribution in [3.63, 3.8) is 0 Å². The number of hydrogen-bond acceptors (Lipinski definition) is 10. The summed E-state index contributed by atoms with van der Waals surface area (Å²) < 4.78 is 55.0. The highest BCUT2D eigenvalue weighted by molar-refractivity contribution is 7.72. The van der Waals surface area contributed by atoms with Gasteiger partial charge >= 0.3 is 15.2 Å². The molecule has 2 unspecified atom stereocenters. The summed E-state index contributed by atoms with van der Waals surface area (Å²) in [4.78, 5) is 10.6. The minimum Gasteiger partial charge on any atom is -0.490 e. The minimum atomic E-state index is -3.91. The number of hydrogen-bond donors (Lipinski definition) is 0. The van der Waals surface area contributed by atoms with Crippen LogP contribution >= 0.6 is 15.2 Å². The molecule has 0 bridgehead atoms. The van der Waals surface area contributed by atoms with Gasteiger partial charge in [-0.25, -0.2) is 4.98 Å². The Morgan fingerprint density at radius 1 is 1.21 bits per heavy atom. The third-order valence-corrected chi connectivity index (χ3v) is 10.6. The number of ether oxygens (including phenoxy) is 1. The largest absolute Gasteiger partial charge is 0.490 e. The summed E-state index contributed by atoms with van der Waals surface area (Å²) in [5, 5.41) is -1.29. The Labute approximate surface area is 194 Å². The molecule has 182 valence electrons. The van der Waals surface area contributed by atoms with Crippen molar-refractivity contribution in [3.05, 3.63) is 48.4 Å². The molecular weight excluding hydrogens is 468 g/mol. The van der Waals surface area contributed by atoms with Crippen LogP contribution in [0, 0.1) is 0 Å². The summed E-state index contributed by atoms with van der Waals surface area (Å²) in [6.45, 7) is 6.44. The number of aromatic nitrogens is 2. The maximum atomic E-state index is 13.6. The summed E-state index contributed by atoms with van der Waals surface area (Å²) in [6, 6.07) is 8.96. The van der Waals surface area contributed by atoms with Crippen molar-refractivity contribution in [1.29, 1.82) is 0 Å². The Balaban J connectivity index is 1.75. The average Bonchev–Trinajstić information content (AvgIpc) is 3.14. The minimum absolute atomic E-state index is 0.105. The van der Waals surface area contributed by atoms with Crippen LogP contribution in [-0.4, -0.2) is 56.1 Å². The summed E-state index contributed by atoms with van der Waals surface area (Å²) in [7, 11) is -5.83. The molecule has 0 radical (unpaired) electrons. The van der Waals surface area contributed by atoms with E-state index in [1.54, 1.807) is 39.1 Å². The van der Waals surface area contributed by atoms with E-state index in [0.717, 1.165) is 5.82 Å². The number of pyridine rings is 2. The second-order valence-corrected chi connectivity index (χ2v) is 12.0. The van der Waals surface area contributed by atoms with Crippen molar-refractivity contribution in [3.8, 4) is 5.75 Å². The van der Waals surface area contributed by atoms with Crippen LogP contribution in [0.5, 0.6) is 5.75 Å². The fraction of sp³-hybridized carbons (Fsp3) is 0.524. The molecule has 12 heteroatoms. The molecule has 0 N–H and O–H groups in total. The maximum Gasteiger partial charge on any atom is 0.352 e. The first-order valence-electron chi connectivity index (χ1n) is 10.8. The molecular formula is C21H31N3O7P2. The molecule has 0 spiro atoms. The Kier molecular flexibility index (Phi) is 9.04. The highest BCUT2D eigenvalue weighted by Crippen LogP contribution is 2.79. The molecule has 3 atom stereocenters. The van der Waals surface area contributed by atoms with Gasteiger partial charge in [0.2, 0.25) is 5.40 Å². The van der Waals surface area contributed by atoms with E-state index < -0.39 is 26.7 Å². The Morgan fingerprint density at radius 3 is 2.52 bits per heavy atom. The normalized spacial score (nSPS) is 21.6. The first kappa shape index (κ1) is 25.8. The molecule has 33 heavy (non-hydrogen) atoms. The monoisotopic (exact) mass is 499 g/mol. The number of likely N-dealkylation sites (N-methyl/N-ethyl adjacent to an activating group) is 1. The van der Waals surface area contributed by atoms with Gasteiger partial charge in [0.25, 0.3) is 0 Å². The van der Waals surface area contributed by atoms with Crippen LogP contribution in [0.1, 0.15) is 31.9 Å². The lowest BCUT2D eigenvalue weighted by atomic mass is 10.3. The van der Waals surface area contributed by atoms with Gasteiger partial charge in [0, 0.05) is 13.2 Å². The van der Waals surface area contributed by atoms with Gasteiger partial charge in [0.15, 0.2) is 0 Å². The van der Waals surface area contributed by atoms with Crippen LogP contribution in [0.25, 0.3) is 0 Å². The number of rotatable bonds is 12. The second-order valence-electron chi connectivity index (χ2n) is 7.38. The van der Waals surface area contributed by atoms with Crippen molar-refractivity contribution in [1.82, 2.24) is 9.97 Å². The van der Waals surface area contributed by atoms with Crippen molar-refractivity contribution < 1.29 is 32.0 Å². The van der Waals surface area contributed by atoms with Crippen molar-refractivity contribution in [2.45, 2.75) is 32.3 Å². The SMILES string of the molecule is CCOP(=O)(OCC)[C@@H](c1ccc(OCCN(C)c2ccccn2)cn1)P1(=O)OCC(C)O1. The molecule has 0 saturated carbocycles. The Hall–Kier alpha value is -1.80. The van der Waals surface area contributed by atoms with E-state index in [1.165, 1.54) is 6.20 Å². The zero-order valence-electron chi connectivity index (χ0n) is 19.3. The average molecular weight is 499 g/mol. The highest BCUT2D eigenvalue weighted by Gasteiger charge is 2.55. The van der Waals surface area contributed by atoms with Gasteiger partial charge in [-0.15, -0.1) is 0 Å². The van der Waals surface area contributed by atoms with E-state index in [-0.39, 0.29) is 25.5 Å². The van der Waals surface area contributed by atoms with Gasteiger partial charge in [-0.3, -0.25) is 14.1 Å². The van der Waals surface area contributed by atoms with E-state index in [2.05, 4.69) is 9.97 Å². The van der Waals surface area contributed by atoms with Gasteiger partial charge in [-0.2, -0.15) is 0 Å². The van der Waals surface area contributed by atoms with Crippen LogP contribution in [0.3, 0.4) is 0 Å². The van der Waals surface area contributed by atoms with Gasteiger partial charge in [0.05, 0.1) is 44.4 Å². The smallest absolute Gasteiger partial charge is 0.352 e. The van der Waals surface area contributed by atoms with Gasteiger partial charge in [-0.05, 0) is 45.0 Å². The third-order valence-electron chi connectivity index (χ3n) is 4.79. The molecule has 1 aliphatic rings. The topological polar surface area (TPSA) is 109 Å². The summed E-state index contributed by atoms with van der Waals surface area (Å²) in [6.07, 6.45) is 2.81. The molecule has 0 amide bonds. The first-order chi connectivity index (χ1) is 15.8. The number of anilines is 1. The van der Waals surface area contributed by atoms with Crippen LogP contribution < -0.4 is 9.64 Å². The molecule has 0 aliphatic carbocycles. The lowest BCUT2D eigenvalue weighted by Gasteiger charge is -2.28. The van der Waals surface area contributed by atoms with Gasteiger partial charge < -0.3 is 27.7 Å². The van der Waals surface area contributed by atoms with E-state index in [4.69, 9.17) is 22.8 Å². The van der Waals surface area contributed by atoms with E-state index in [9.17, 15) is 9.13 Å². The Morgan fingerprint density at radius 2 is 1.97 bits per heavy atom. The predicted octanol–water partition coefficient (Wildman–Crippen LogP) is 4.88. The predicted molar refractivity (Wildman–Crippen MR) is 125 cm³/mol. The van der Waals surface area contributed by atoms with Crippen LogP contribution in [-0.2, 0) is 27.2 Å². The van der Waals surface area contributed by atoms with Crippen molar-refractivity contribution in [2.24, 2.45) is 0 Å². The van der Waals surface area contributed by atoms with Crippen LogP contribution in [0.15, 0.2) is 42.7 Å². The molecule has 1 aliphatic heterocycles. The quantitative estimate of drug-likeness (QED) is 0.375. The van der Waals surface area contributed by atoms with Crippen LogP contribution in [0.2, 0.25) is 0 Å². The molecule has 10 nitrogen and oxygen atoms in total. The first-order valence-corrected chi connectivity index (χ1v) is 14.1. The lowest BCUT2D eigenvalue weighted by Crippen LogP contribution is -2.24. The zero-order chi connectivity index (χ0) is 23.9. The molecule has 2 aromatic rings. The summed E-state index contributed by atoms with van der Waals surface area (Å²) in [5.74, 6) is 1.35. The molecule has 0 aromatic carbocycles. The maximum absolute atomic E-state index is 13.6. The fourth-order valence-corrected chi connectivity index (χ4v) is 8.79. The van der Waals surface area contributed by atoms with Gasteiger partial charge in [-0.1, -0.05) is 6.07 Å². The van der Waals surface area contributed by atoms with Crippen molar-refractivity contribution in [2.75, 3.05) is 44.9 Å². The lowest BCUT2D eigenvalue weighted by molar-refractivity contribution is 0.212. The molecule has 2 aromatic heterocycles. The van der Waals surface area contributed by atoms with Gasteiger partial charge in [0.1, 0.15) is 18.2 Å². The fourth-order valence-electron chi connectivity index (χ4n) is 3.31. The van der Waals surface area contributed by atoms with Crippen molar-refractivity contribution >= 4 is 21.0 Å². The Bertz CT molecular complexity index is 968. The highest BCUT2D eigenvalue weighted by atomic mass is 31.2. The summed E-state index contributed by atoms with van der Waals surface area (Å²) >= 11 is 0. The standard InChI is InChI=1S/C21H31N3O7P2/c1-5-28-32(25,29-6-2)21(33(26)30-16-17(3)31-33)19-11-10-18(15-23-19)27-14-13-24(4)20-9-7-8-12-22-20/h7-12,15,17,21H,5-6,13-14,16H2,1-4H3/t17?,21-,33?/m1/s1. The number of nitrogens with zero attached hydrogens (tertiary/aromatic N) is 3. The van der Waals surface area contributed by atoms with E-state index in [1.807, 2.05) is 30.1 Å². The molecule has 3 heterocycles. The molecule has 1 saturated heterocycles. The summed E-state index contributed by atoms with van der Waals surface area (Å²) in [5.41, 5.74) is 0.232. The van der Waals surface area contributed by atoms with E-state index >= 15 is 0 Å². The molecule has 3 rings (SSSR count). The van der Waals surface area contributed by atoms with E-state index in [0.29, 0.717) is 18.9 Å². The molecule has 1 fully saturated rings. The zero-order valence-corrected chi connectivity index (χ0v) is 21.1. The second kappa shape index (κ2) is 11.6. The van der Waals surface area contributed by atoms with Crippen LogP contribution in [0.4, 0.5) is 5.82 Å². The third kappa shape index (κ3) is 6.41.